The highest BCUT2D eigenvalue weighted by Gasteiger charge is 2.18. The first-order valence-corrected chi connectivity index (χ1v) is 9.68. The Bertz CT molecular complexity index is 1190. The van der Waals surface area contributed by atoms with Crippen molar-refractivity contribution in [3.63, 3.8) is 0 Å². The van der Waals surface area contributed by atoms with Crippen LogP contribution in [0.1, 0.15) is 28.4 Å². The average molecular weight is 396 g/mol. The highest BCUT2D eigenvalue weighted by molar-refractivity contribution is 6.00. The molecule has 1 N–H and O–H groups in total. The quantitative estimate of drug-likeness (QED) is 0.230. The molecule has 0 bridgehead atoms. The Morgan fingerprint density at radius 1 is 0.833 bits per heavy atom. The van der Waals surface area contributed by atoms with E-state index in [-0.39, 0.29) is 23.9 Å². The molecule has 1 unspecified atom stereocenters. The number of fused-ring (bicyclic) bond motifs is 1. The van der Waals surface area contributed by atoms with Crippen LogP contribution in [0.5, 0.6) is 0 Å². The van der Waals surface area contributed by atoms with Gasteiger partial charge in [0.2, 0.25) is 0 Å². The molecule has 0 aliphatic carbocycles. The number of nitrogens with zero attached hydrogens (tertiary/aromatic N) is 1. The molecule has 4 rings (SSSR count). The van der Waals surface area contributed by atoms with Gasteiger partial charge in [-0.25, -0.2) is 0 Å². The summed E-state index contributed by atoms with van der Waals surface area (Å²) < 4.78 is 0. The van der Waals surface area contributed by atoms with Crippen LogP contribution in [0.2, 0.25) is 0 Å². The zero-order chi connectivity index (χ0) is 20.9. The number of benzene rings is 4. The Labute approximate surface area is 174 Å². The van der Waals surface area contributed by atoms with Gasteiger partial charge in [-0.15, -0.1) is 0 Å². The molecule has 0 aromatic heterocycles. The van der Waals surface area contributed by atoms with Gasteiger partial charge in [-0.3, -0.25) is 14.9 Å². The number of nitrogens with one attached hydrogen (secondary N) is 1. The van der Waals surface area contributed by atoms with E-state index >= 15 is 0 Å². The minimum atomic E-state index is -0.429. The van der Waals surface area contributed by atoms with Crippen molar-refractivity contribution in [2.75, 3.05) is 5.32 Å². The van der Waals surface area contributed by atoms with E-state index < -0.39 is 4.92 Å². The van der Waals surface area contributed by atoms with Crippen molar-refractivity contribution in [2.24, 2.45) is 0 Å². The van der Waals surface area contributed by atoms with Gasteiger partial charge in [0.25, 0.3) is 5.69 Å². The number of Topliss-reactive ketones (excluding diaryl/α,β-unsaturated/α-hetero) is 1. The largest absolute Gasteiger partial charge is 0.378 e. The maximum atomic E-state index is 13.1. The minimum Gasteiger partial charge on any atom is -0.378 e. The Morgan fingerprint density at radius 2 is 1.50 bits per heavy atom. The van der Waals surface area contributed by atoms with E-state index in [0.29, 0.717) is 5.56 Å². The lowest BCUT2D eigenvalue weighted by Gasteiger charge is -2.20. The summed E-state index contributed by atoms with van der Waals surface area (Å²) in [7, 11) is 0. The van der Waals surface area contributed by atoms with E-state index in [1.54, 1.807) is 12.1 Å². The number of carbonyl (C=O) groups is 1. The van der Waals surface area contributed by atoms with Gasteiger partial charge in [-0.2, -0.15) is 0 Å². The molecule has 0 aliphatic heterocycles. The van der Waals surface area contributed by atoms with E-state index in [4.69, 9.17) is 0 Å². The van der Waals surface area contributed by atoms with E-state index in [0.717, 1.165) is 22.0 Å². The molecular formula is C25H20N2O3. The van der Waals surface area contributed by atoms with Crippen LogP contribution in [0.3, 0.4) is 0 Å². The van der Waals surface area contributed by atoms with E-state index in [1.165, 1.54) is 12.1 Å². The fraction of sp³-hybridized carbons (Fsp3) is 0.0800. The third kappa shape index (κ3) is 4.36. The number of anilines is 1. The van der Waals surface area contributed by atoms with E-state index in [2.05, 4.69) is 5.32 Å². The first-order chi connectivity index (χ1) is 14.6. The van der Waals surface area contributed by atoms with Crippen LogP contribution >= 0.6 is 0 Å². The lowest BCUT2D eigenvalue weighted by molar-refractivity contribution is -0.384. The van der Waals surface area contributed by atoms with Gasteiger partial charge in [-0.05, 0) is 34.5 Å². The van der Waals surface area contributed by atoms with Gasteiger partial charge in [-0.1, -0.05) is 66.7 Å². The minimum absolute atomic E-state index is 0.0315. The summed E-state index contributed by atoms with van der Waals surface area (Å²) in [6.07, 6.45) is 0.263. The van der Waals surface area contributed by atoms with Crippen molar-refractivity contribution < 1.29 is 9.72 Å². The van der Waals surface area contributed by atoms with Crippen LogP contribution in [-0.4, -0.2) is 10.7 Å². The lowest BCUT2D eigenvalue weighted by atomic mass is 9.96. The number of hydrogen-bond donors (Lipinski definition) is 1. The van der Waals surface area contributed by atoms with Crippen molar-refractivity contribution in [2.45, 2.75) is 12.5 Å². The normalized spacial score (nSPS) is 11.7. The smallest absolute Gasteiger partial charge is 0.269 e. The van der Waals surface area contributed by atoms with Crippen molar-refractivity contribution in [3.8, 4) is 0 Å². The SMILES string of the molecule is O=C(CC(Nc1ccc([N+](=O)[O-])cc1)c1ccccc1)c1ccc2ccccc2c1. The summed E-state index contributed by atoms with van der Waals surface area (Å²) in [6.45, 7) is 0. The second kappa shape index (κ2) is 8.57. The molecule has 0 heterocycles. The summed E-state index contributed by atoms with van der Waals surface area (Å²) in [6, 6.07) is 29.4. The van der Waals surface area contributed by atoms with Crippen molar-refractivity contribution >= 4 is 27.9 Å². The molecule has 0 fully saturated rings. The number of nitro benzene ring substituents is 1. The van der Waals surface area contributed by atoms with Gasteiger partial charge >= 0.3 is 0 Å². The predicted octanol–water partition coefficient (Wildman–Crippen LogP) is 6.17. The first kappa shape index (κ1) is 19.3. The highest BCUT2D eigenvalue weighted by atomic mass is 16.6. The molecule has 5 nitrogen and oxygen atoms in total. The third-order valence-electron chi connectivity index (χ3n) is 5.08. The predicted molar refractivity (Wildman–Crippen MR) is 119 cm³/mol. The Balaban J connectivity index is 1.59. The van der Waals surface area contributed by atoms with Crippen molar-refractivity contribution in [1.29, 1.82) is 0 Å². The maximum absolute atomic E-state index is 13.1. The molecule has 0 spiro atoms. The van der Waals surface area contributed by atoms with Gasteiger partial charge in [0.1, 0.15) is 0 Å². The summed E-state index contributed by atoms with van der Waals surface area (Å²) in [5.41, 5.74) is 2.40. The van der Waals surface area contributed by atoms with Crippen LogP contribution in [0, 0.1) is 10.1 Å². The molecule has 5 heteroatoms. The number of rotatable bonds is 7. The van der Waals surface area contributed by atoms with Gasteiger partial charge < -0.3 is 5.32 Å². The van der Waals surface area contributed by atoms with Gasteiger partial charge in [0.15, 0.2) is 5.78 Å². The third-order valence-corrected chi connectivity index (χ3v) is 5.08. The van der Waals surface area contributed by atoms with Gasteiger partial charge in [0.05, 0.1) is 11.0 Å². The molecule has 0 saturated carbocycles. The van der Waals surface area contributed by atoms with Crippen molar-refractivity contribution in [1.82, 2.24) is 0 Å². The number of nitro groups is 1. The lowest BCUT2D eigenvalue weighted by Crippen LogP contribution is -2.16. The molecular weight excluding hydrogens is 376 g/mol. The Morgan fingerprint density at radius 3 is 2.20 bits per heavy atom. The second-order valence-electron chi connectivity index (χ2n) is 7.10. The summed E-state index contributed by atoms with van der Waals surface area (Å²) in [5, 5.41) is 16.4. The molecule has 0 aliphatic rings. The van der Waals surface area contributed by atoms with Crippen LogP contribution < -0.4 is 5.32 Å². The van der Waals surface area contributed by atoms with E-state index in [1.807, 2.05) is 72.8 Å². The average Bonchev–Trinajstić information content (AvgIpc) is 2.79. The van der Waals surface area contributed by atoms with Crippen LogP contribution in [0.4, 0.5) is 11.4 Å². The monoisotopic (exact) mass is 396 g/mol. The number of carbonyl (C=O) groups excluding carboxylic acids is 1. The van der Waals surface area contributed by atoms with E-state index in [9.17, 15) is 14.9 Å². The standard InChI is InChI=1S/C25H20N2O3/c28-25(21-11-10-18-6-4-5-9-20(18)16-21)17-24(19-7-2-1-3-8-19)26-22-12-14-23(15-13-22)27(29)30/h1-16,24,26H,17H2. The maximum Gasteiger partial charge on any atom is 0.269 e. The van der Waals surface area contributed by atoms with Gasteiger partial charge in [0, 0.05) is 29.8 Å². The Kier molecular flexibility index (Phi) is 5.52. The molecule has 0 amide bonds. The fourth-order valence-electron chi connectivity index (χ4n) is 3.48. The van der Waals surface area contributed by atoms with Crippen LogP contribution in [0.15, 0.2) is 97.1 Å². The van der Waals surface area contributed by atoms with Crippen LogP contribution in [-0.2, 0) is 0 Å². The summed E-state index contributed by atoms with van der Waals surface area (Å²) in [4.78, 5) is 23.5. The molecule has 0 saturated heterocycles. The number of non-ortho nitro benzene ring substituents is 1. The first-order valence-electron chi connectivity index (χ1n) is 9.68. The highest BCUT2D eigenvalue weighted by Crippen LogP contribution is 2.26. The zero-order valence-electron chi connectivity index (χ0n) is 16.2. The number of hydrogen-bond acceptors (Lipinski definition) is 4. The number of ketones is 1. The molecule has 4 aromatic carbocycles. The molecule has 1 atom stereocenters. The molecule has 0 radical (unpaired) electrons. The second-order valence-corrected chi connectivity index (χ2v) is 7.10. The molecule has 4 aromatic rings. The molecule has 148 valence electrons. The zero-order valence-corrected chi connectivity index (χ0v) is 16.2. The summed E-state index contributed by atoms with van der Waals surface area (Å²) in [5.74, 6) is 0.0315. The Hall–Kier alpha value is -3.99. The summed E-state index contributed by atoms with van der Waals surface area (Å²) >= 11 is 0. The fourth-order valence-corrected chi connectivity index (χ4v) is 3.48. The topological polar surface area (TPSA) is 72.2 Å². The molecule has 30 heavy (non-hydrogen) atoms. The van der Waals surface area contributed by atoms with Crippen molar-refractivity contribution in [3.05, 3.63) is 118 Å². The van der Waals surface area contributed by atoms with Crippen LogP contribution in [0.25, 0.3) is 10.8 Å².